The number of hydrogen-bond donors (Lipinski definition) is 2. The van der Waals surface area contributed by atoms with Gasteiger partial charge in [0.05, 0.1) is 15.1 Å². The van der Waals surface area contributed by atoms with Gasteiger partial charge in [0.15, 0.2) is 0 Å². The first-order valence-corrected chi connectivity index (χ1v) is 8.41. The highest BCUT2D eigenvalue weighted by atomic mass is 79.9. The zero-order chi connectivity index (χ0) is 16.3. The predicted octanol–water partition coefficient (Wildman–Crippen LogP) is 3.35. The number of benzene rings is 2. The third-order valence-corrected chi connectivity index (χ3v) is 4.70. The molecule has 0 saturated carbocycles. The van der Waals surface area contributed by atoms with E-state index in [-0.39, 0.29) is 21.0 Å². The van der Waals surface area contributed by atoms with Crippen LogP contribution in [0.3, 0.4) is 0 Å². The lowest BCUT2D eigenvalue weighted by atomic mass is 10.3. The van der Waals surface area contributed by atoms with Gasteiger partial charge < -0.3 is 5.32 Å². The minimum atomic E-state index is -3.83. The monoisotopic (exact) mass is 386 g/mol. The number of anilines is 2. The zero-order valence-electron chi connectivity index (χ0n) is 11.4. The lowest BCUT2D eigenvalue weighted by molar-refractivity contribution is -0.114. The van der Waals surface area contributed by atoms with Crippen LogP contribution in [0.4, 0.5) is 15.8 Å². The molecule has 0 radical (unpaired) electrons. The average Bonchev–Trinajstić information content (AvgIpc) is 2.42. The second kappa shape index (κ2) is 6.45. The number of carbonyl (C=O) groups excluding carboxylic acids is 1. The number of rotatable bonds is 4. The summed E-state index contributed by atoms with van der Waals surface area (Å²) in [6.45, 7) is 1.36. The topological polar surface area (TPSA) is 75.3 Å². The van der Waals surface area contributed by atoms with Crippen molar-refractivity contribution in [3.8, 4) is 0 Å². The van der Waals surface area contributed by atoms with E-state index in [0.717, 1.165) is 6.07 Å². The molecule has 8 heteroatoms. The van der Waals surface area contributed by atoms with Crippen LogP contribution in [0.5, 0.6) is 0 Å². The van der Waals surface area contributed by atoms with E-state index in [9.17, 15) is 17.6 Å². The van der Waals surface area contributed by atoms with E-state index in [4.69, 9.17) is 0 Å². The molecule has 0 heterocycles. The summed E-state index contributed by atoms with van der Waals surface area (Å²) >= 11 is 2.99. The molecule has 0 fully saturated rings. The maximum atomic E-state index is 13.4. The van der Waals surface area contributed by atoms with E-state index in [0.29, 0.717) is 5.69 Å². The molecule has 2 N–H and O–H groups in total. The summed E-state index contributed by atoms with van der Waals surface area (Å²) in [5, 5.41) is 2.54. The molecule has 5 nitrogen and oxygen atoms in total. The van der Waals surface area contributed by atoms with Crippen LogP contribution in [0, 0.1) is 5.82 Å². The van der Waals surface area contributed by atoms with Crippen molar-refractivity contribution in [1.29, 1.82) is 0 Å². The van der Waals surface area contributed by atoms with E-state index in [1.54, 1.807) is 0 Å². The van der Waals surface area contributed by atoms with Crippen LogP contribution in [0.25, 0.3) is 0 Å². The van der Waals surface area contributed by atoms with Gasteiger partial charge in [-0.05, 0) is 58.4 Å². The van der Waals surface area contributed by atoms with E-state index in [1.807, 2.05) is 0 Å². The van der Waals surface area contributed by atoms with E-state index in [2.05, 4.69) is 26.0 Å². The Morgan fingerprint density at radius 3 is 2.23 bits per heavy atom. The van der Waals surface area contributed by atoms with Crippen molar-refractivity contribution < 1.29 is 17.6 Å². The molecule has 0 aliphatic heterocycles. The number of carbonyl (C=O) groups is 1. The van der Waals surface area contributed by atoms with E-state index in [1.165, 1.54) is 43.3 Å². The number of sulfonamides is 1. The highest BCUT2D eigenvalue weighted by Gasteiger charge is 2.15. The van der Waals surface area contributed by atoms with Gasteiger partial charge in [0.2, 0.25) is 5.91 Å². The molecule has 2 aromatic carbocycles. The van der Waals surface area contributed by atoms with Crippen LogP contribution >= 0.6 is 15.9 Å². The molecule has 0 aliphatic rings. The van der Waals surface area contributed by atoms with Crippen molar-refractivity contribution in [2.24, 2.45) is 0 Å². The van der Waals surface area contributed by atoms with Crippen LogP contribution in [0.15, 0.2) is 51.8 Å². The van der Waals surface area contributed by atoms with Gasteiger partial charge >= 0.3 is 0 Å². The molecule has 2 rings (SSSR count). The molecule has 0 unspecified atom stereocenters. The average molecular weight is 387 g/mol. The summed E-state index contributed by atoms with van der Waals surface area (Å²) in [6.07, 6.45) is 0. The molecule has 1 amide bonds. The lowest BCUT2D eigenvalue weighted by Crippen LogP contribution is -2.13. The van der Waals surface area contributed by atoms with E-state index < -0.39 is 15.8 Å². The fourth-order valence-electron chi connectivity index (χ4n) is 1.69. The summed E-state index contributed by atoms with van der Waals surface area (Å²) in [5.74, 6) is -0.819. The molecule has 22 heavy (non-hydrogen) atoms. The van der Waals surface area contributed by atoms with Crippen LogP contribution < -0.4 is 10.0 Å². The summed E-state index contributed by atoms with van der Waals surface area (Å²) in [4.78, 5) is 10.9. The quantitative estimate of drug-likeness (QED) is 0.845. The number of nitrogens with one attached hydrogen (secondary N) is 2. The maximum absolute atomic E-state index is 13.4. The van der Waals surface area contributed by atoms with Gasteiger partial charge in [-0.2, -0.15) is 0 Å². The Morgan fingerprint density at radius 1 is 1.09 bits per heavy atom. The van der Waals surface area contributed by atoms with Gasteiger partial charge in [0.1, 0.15) is 5.82 Å². The molecule has 0 spiro atoms. The zero-order valence-corrected chi connectivity index (χ0v) is 13.8. The molecular formula is C14H12BrFN2O3S. The first-order chi connectivity index (χ1) is 10.3. The minimum absolute atomic E-state index is 0.00456. The first-order valence-electron chi connectivity index (χ1n) is 6.13. The summed E-state index contributed by atoms with van der Waals surface area (Å²) in [7, 11) is -3.83. The normalized spacial score (nSPS) is 11.0. The SMILES string of the molecule is CC(=O)Nc1ccc(S(=O)(=O)Nc2ccc(Br)c(F)c2)cc1. The van der Waals surface area contributed by atoms with Gasteiger partial charge in [-0.1, -0.05) is 0 Å². The van der Waals surface area contributed by atoms with Gasteiger partial charge in [0.25, 0.3) is 10.0 Å². The highest BCUT2D eigenvalue weighted by Crippen LogP contribution is 2.22. The molecule has 0 saturated heterocycles. The van der Waals surface area contributed by atoms with Crippen molar-refractivity contribution in [3.05, 3.63) is 52.8 Å². The maximum Gasteiger partial charge on any atom is 0.261 e. The van der Waals surface area contributed by atoms with Crippen LogP contribution in [0.1, 0.15) is 6.92 Å². The van der Waals surface area contributed by atoms with E-state index >= 15 is 0 Å². The van der Waals surface area contributed by atoms with Crippen molar-refractivity contribution >= 4 is 43.2 Å². The first kappa shape index (κ1) is 16.4. The Hall–Kier alpha value is -1.93. The largest absolute Gasteiger partial charge is 0.326 e. The molecule has 0 bridgehead atoms. The molecule has 2 aromatic rings. The van der Waals surface area contributed by atoms with Gasteiger partial charge in [-0.25, -0.2) is 12.8 Å². The molecule has 0 aliphatic carbocycles. The van der Waals surface area contributed by atoms with Crippen molar-refractivity contribution in [2.75, 3.05) is 10.0 Å². The van der Waals surface area contributed by atoms with Crippen LogP contribution in [0.2, 0.25) is 0 Å². The fourth-order valence-corrected chi connectivity index (χ4v) is 2.99. The van der Waals surface area contributed by atoms with Crippen molar-refractivity contribution in [3.63, 3.8) is 0 Å². The second-order valence-electron chi connectivity index (χ2n) is 4.44. The van der Waals surface area contributed by atoms with Crippen molar-refractivity contribution in [1.82, 2.24) is 0 Å². The standard InChI is InChI=1S/C14H12BrFN2O3S/c1-9(19)17-10-2-5-12(6-3-10)22(20,21)18-11-4-7-13(15)14(16)8-11/h2-8,18H,1H3,(H,17,19). The molecular weight excluding hydrogens is 375 g/mol. The number of hydrogen-bond acceptors (Lipinski definition) is 3. The van der Waals surface area contributed by atoms with Gasteiger partial charge in [-0.15, -0.1) is 0 Å². The van der Waals surface area contributed by atoms with Crippen molar-refractivity contribution in [2.45, 2.75) is 11.8 Å². The lowest BCUT2D eigenvalue weighted by Gasteiger charge is -2.09. The molecule has 0 aromatic heterocycles. The Labute approximate surface area is 135 Å². The number of amides is 1. The van der Waals surface area contributed by atoms with Gasteiger partial charge in [-0.3, -0.25) is 9.52 Å². The molecule has 116 valence electrons. The minimum Gasteiger partial charge on any atom is -0.326 e. The summed E-state index contributed by atoms with van der Waals surface area (Å²) < 4.78 is 40.3. The van der Waals surface area contributed by atoms with Gasteiger partial charge in [0, 0.05) is 12.6 Å². The predicted molar refractivity (Wildman–Crippen MR) is 85.7 cm³/mol. The molecule has 0 atom stereocenters. The highest BCUT2D eigenvalue weighted by molar-refractivity contribution is 9.10. The third-order valence-electron chi connectivity index (χ3n) is 2.66. The Bertz CT molecular complexity index is 807. The van der Waals surface area contributed by atoms with Crippen LogP contribution in [-0.2, 0) is 14.8 Å². The Balaban J connectivity index is 2.22. The Morgan fingerprint density at radius 2 is 1.68 bits per heavy atom. The second-order valence-corrected chi connectivity index (χ2v) is 6.98. The summed E-state index contributed by atoms with van der Waals surface area (Å²) in [6, 6.07) is 9.57. The summed E-state index contributed by atoms with van der Waals surface area (Å²) in [5.41, 5.74) is 0.604. The third kappa shape index (κ3) is 4.05. The fraction of sp³-hybridized carbons (Fsp3) is 0.0714. The van der Waals surface area contributed by atoms with Crippen LogP contribution in [-0.4, -0.2) is 14.3 Å². The Kier molecular flexibility index (Phi) is 4.82. The smallest absolute Gasteiger partial charge is 0.261 e. The number of halogens is 2.